The summed E-state index contributed by atoms with van der Waals surface area (Å²) in [5.74, 6) is 0.229. The van der Waals surface area contributed by atoms with Gasteiger partial charge in [0.2, 0.25) is 0 Å². The Labute approximate surface area is 64.6 Å². The third-order valence-electron chi connectivity index (χ3n) is 1.38. The van der Waals surface area contributed by atoms with Gasteiger partial charge in [-0.15, -0.1) is 5.16 Å². The number of benzene rings is 1. The molecule has 0 amide bonds. The summed E-state index contributed by atoms with van der Waals surface area (Å²) in [7, 11) is 0. The molecule has 0 aliphatic carbocycles. The van der Waals surface area contributed by atoms with Crippen molar-refractivity contribution >= 4 is 6.21 Å². The van der Waals surface area contributed by atoms with Crippen LogP contribution in [0.15, 0.2) is 29.4 Å². The van der Waals surface area contributed by atoms with Crippen molar-refractivity contribution in [2.75, 3.05) is 0 Å². The molecule has 0 bridgehead atoms. The van der Waals surface area contributed by atoms with Crippen molar-refractivity contribution in [1.82, 2.24) is 0 Å². The highest BCUT2D eigenvalue weighted by molar-refractivity contribution is 5.62. The Morgan fingerprint density at radius 1 is 1.36 bits per heavy atom. The largest absolute Gasteiger partial charge is 0.508 e. The molecule has 0 spiro atoms. The van der Waals surface area contributed by atoms with Crippen LogP contribution in [0.3, 0.4) is 0 Å². The number of aromatic hydroxyl groups is 1. The van der Waals surface area contributed by atoms with Crippen molar-refractivity contribution in [2.45, 2.75) is 6.42 Å². The van der Waals surface area contributed by atoms with E-state index in [-0.39, 0.29) is 5.75 Å². The second-order valence-corrected chi connectivity index (χ2v) is 2.13. The zero-order valence-electron chi connectivity index (χ0n) is 5.94. The van der Waals surface area contributed by atoms with Crippen LogP contribution in [0.25, 0.3) is 0 Å². The van der Waals surface area contributed by atoms with Gasteiger partial charge in [0, 0.05) is 12.6 Å². The molecular formula is C8H9NO2. The summed E-state index contributed by atoms with van der Waals surface area (Å²) in [5.41, 5.74) is 0.755. The number of nitrogens with zero attached hydrogens (tertiary/aromatic N) is 1. The maximum Gasteiger partial charge on any atom is 0.119 e. The van der Waals surface area contributed by atoms with E-state index in [9.17, 15) is 5.11 Å². The van der Waals surface area contributed by atoms with E-state index in [0.717, 1.165) is 5.56 Å². The maximum atomic E-state index is 9.19. The standard InChI is InChI=1S/C8H9NO2/c10-8-4-2-1-3-7(8)5-6-9-11/h1-4,6,10-11H,5H2/b9-6+. The average molecular weight is 151 g/mol. The molecule has 0 aromatic heterocycles. The lowest BCUT2D eigenvalue weighted by Crippen LogP contribution is -1.85. The van der Waals surface area contributed by atoms with Crippen LogP contribution in [0, 0.1) is 0 Å². The summed E-state index contributed by atoms with van der Waals surface area (Å²) >= 11 is 0. The second-order valence-electron chi connectivity index (χ2n) is 2.13. The Bertz CT molecular complexity index is 258. The van der Waals surface area contributed by atoms with Gasteiger partial charge in [-0.1, -0.05) is 18.2 Å². The van der Waals surface area contributed by atoms with E-state index in [1.54, 1.807) is 18.2 Å². The Balaban J connectivity index is 2.77. The van der Waals surface area contributed by atoms with Crippen molar-refractivity contribution in [3.8, 4) is 5.75 Å². The van der Waals surface area contributed by atoms with Gasteiger partial charge >= 0.3 is 0 Å². The summed E-state index contributed by atoms with van der Waals surface area (Å²) in [4.78, 5) is 0. The van der Waals surface area contributed by atoms with Gasteiger partial charge in [0.15, 0.2) is 0 Å². The lowest BCUT2D eigenvalue weighted by molar-refractivity contribution is 0.320. The first-order valence-electron chi connectivity index (χ1n) is 3.27. The van der Waals surface area contributed by atoms with E-state index in [1.165, 1.54) is 6.21 Å². The Morgan fingerprint density at radius 3 is 2.73 bits per heavy atom. The molecule has 2 N–H and O–H groups in total. The summed E-state index contributed by atoms with van der Waals surface area (Å²) in [5, 5.41) is 20.1. The molecule has 1 aromatic rings. The average Bonchev–Trinajstić information content (AvgIpc) is 2.03. The van der Waals surface area contributed by atoms with E-state index in [0.29, 0.717) is 6.42 Å². The Morgan fingerprint density at radius 2 is 2.09 bits per heavy atom. The minimum absolute atomic E-state index is 0.229. The number of rotatable bonds is 2. The molecule has 0 radical (unpaired) electrons. The molecule has 3 heteroatoms. The van der Waals surface area contributed by atoms with Crippen molar-refractivity contribution in [3.05, 3.63) is 29.8 Å². The Kier molecular flexibility index (Phi) is 2.49. The molecule has 0 aliphatic rings. The van der Waals surface area contributed by atoms with Crippen molar-refractivity contribution < 1.29 is 10.3 Å². The minimum atomic E-state index is 0.229. The van der Waals surface area contributed by atoms with Gasteiger partial charge in [0.25, 0.3) is 0 Å². The number of oxime groups is 1. The van der Waals surface area contributed by atoms with Crippen molar-refractivity contribution in [2.24, 2.45) is 5.16 Å². The van der Waals surface area contributed by atoms with Crippen LogP contribution < -0.4 is 0 Å². The first kappa shape index (κ1) is 7.60. The molecule has 1 aromatic carbocycles. The smallest absolute Gasteiger partial charge is 0.119 e. The summed E-state index contributed by atoms with van der Waals surface area (Å²) < 4.78 is 0. The molecule has 0 heterocycles. The summed E-state index contributed by atoms with van der Waals surface area (Å²) in [6, 6.07) is 6.94. The molecular weight excluding hydrogens is 142 g/mol. The van der Waals surface area contributed by atoms with Gasteiger partial charge < -0.3 is 10.3 Å². The molecule has 0 saturated carbocycles. The van der Waals surface area contributed by atoms with Gasteiger partial charge in [-0.2, -0.15) is 0 Å². The summed E-state index contributed by atoms with van der Waals surface area (Å²) in [6.07, 6.45) is 1.78. The number of hydrogen-bond acceptors (Lipinski definition) is 3. The monoisotopic (exact) mass is 151 g/mol. The normalized spacial score (nSPS) is 10.5. The number of phenolic OH excluding ortho intramolecular Hbond substituents is 1. The Hall–Kier alpha value is -1.51. The quantitative estimate of drug-likeness (QED) is 0.381. The lowest BCUT2D eigenvalue weighted by atomic mass is 10.1. The molecule has 0 aliphatic heterocycles. The van der Waals surface area contributed by atoms with Gasteiger partial charge in [-0.05, 0) is 11.6 Å². The molecule has 0 unspecified atom stereocenters. The predicted octanol–water partition coefficient (Wildman–Crippen LogP) is 1.39. The van der Waals surface area contributed by atoms with Gasteiger partial charge in [-0.3, -0.25) is 0 Å². The van der Waals surface area contributed by atoms with Crippen molar-refractivity contribution in [3.63, 3.8) is 0 Å². The SMILES string of the molecule is O/N=C/Cc1ccccc1O. The van der Waals surface area contributed by atoms with Crippen molar-refractivity contribution in [1.29, 1.82) is 0 Å². The highest BCUT2D eigenvalue weighted by Crippen LogP contribution is 2.14. The van der Waals surface area contributed by atoms with Crippen LogP contribution in [0.4, 0.5) is 0 Å². The minimum Gasteiger partial charge on any atom is -0.508 e. The maximum absolute atomic E-state index is 9.19. The molecule has 0 saturated heterocycles. The van der Waals surface area contributed by atoms with Crippen LogP contribution in [0.1, 0.15) is 5.56 Å². The molecule has 11 heavy (non-hydrogen) atoms. The first-order valence-corrected chi connectivity index (χ1v) is 3.27. The first-order chi connectivity index (χ1) is 5.34. The second kappa shape index (κ2) is 3.61. The topological polar surface area (TPSA) is 52.8 Å². The summed E-state index contributed by atoms with van der Waals surface area (Å²) in [6.45, 7) is 0. The van der Waals surface area contributed by atoms with E-state index in [1.807, 2.05) is 6.07 Å². The van der Waals surface area contributed by atoms with E-state index in [2.05, 4.69) is 5.16 Å². The highest BCUT2D eigenvalue weighted by atomic mass is 16.4. The van der Waals surface area contributed by atoms with Crippen LogP contribution in [-0.2, 0) is 6.42 Å². The fraction of sp³-hybridized carbons (Fsp3) is 0.125. The molecule has 58 valence electrons. The zero-order valence-corrected chi connectivity index (χ0v) is 5.94. The lowest BCUT2D eigenvalue weighted by Gasteiger charge is -1.97. The van der Waals surface area contributed by atoms with Gasteiger partial charge in [0.05, 0.1) is 0 Å². The third kappa shape index (κ3) is 1.97. The highest BCUT2D eigenvalue weighted by Gasteiger charge is 1.95. The van der Waals surface area contributed by atoms with Crippen LogP contribution >= 0.6 is 0 Å². The number of hydrogen-bond donors (Lipinski definition) is 2. The fourth-order valence-corrected chi connectivity index (χ4v) is 0.823. The van der Waals surface area contributed by atoms with E-state index >= 15 is 0 Å². The molecule has 0 atom stereocenters. The number of para-hydroxylation sites is 1. The molecule has 3 nitrogen and oxygen atoms in total. The number of phenols is 1. The zero-order chi connectivity index (χ0) is 8.10. The predicted molar refractivity (Wildman–Crippen MR) is 42.1 cm³/mol. The molecule has 0 fully saturated rings. The third-order valence-corrected chi connectivity index (χ3v) is 1.38. The van der Waals surface area contributed by atoms with Crippen LogP contribution in [0.5, 0.6) is 5.75 Å². The fourth-order valence-electron chi connectivity index (χ4n) is 0.823. The van der Waals surface area contributed by atoms with E-state index < -0.39 is 0 Å². The molecule has 1 rings (SSSR count). The van der Waals surface area contributed by atoms with Crippen LogP contribution in [-0.4, -0.2) is 16.5 Å². The van der Waals surface area contributed by atoms with Gasteiger partial charge in [0.1, 0.15) is 5.75 Å². The van der Waals surface area contributed by atoms with E-state index in [4.69, 9.17) is 5.21 Å². The van der Waals surface area contributed by atoms with Gasteiger partial charge in [-0.25, -0.2) is 0 Å². The van der Waals surface area contributed by atoms with Crippen LogP contribution in [0.2, 0.25) is 0 Å².